The number of rotatable bonds is 2. The first kappa shape index (κ1) is 13.7. The first-order valence-corrected chi connectivity index (χ1v) is 7.29. The molecule has 0 radical (unpaired) electrons. The summed E-state index contributed by atoms with van der Waals surface area (Å²) in [6.45, 7) is 0. The molecule has 0 aliphatic heterocycles. The molecule has 1 saturated carbocycles. The molecule has 0 spiro atoms. The Kier molecular flexibility index (Phi) is 3.96. The van der Waals surface area contributed by atoms with Gasteiger partial charge in [0.1, 0.15) is 5.82 Å². The SMILES string of the molecule is O=C1/C(=C/c2ccc(F)cc2)CCC[C@@H]1c1ccccc1. The van der Waals surface area contributed by atoms with Crippen LogP contribution in [0.5, 0.6) is 0 Å². The molecule has 2 aromatic carbocycles. The second-order valence-electron chi connectivity index (χ2n) is 5.44. The van der Waals surface area contributed by atoms with E-state index in [2.05, 4.69) is 0 Å². The van der Waals surface area contributed by atoms with Crippen LogP contribution in [0.3, 0.4) is 0 Å². The average Bonchev–Trinajstić information content (AvgIpc) is 2.52. The van der Waals surface area contributed by atoms with Crippen molar-refractivity contribution in [3.63, 3.8) is 0 Å². The smallest absolute Gasteiger partial charge is 0.166 e. The fraction of sp³-hybridized carbons (Fsp3) is 0.211. The molecule has 1 fully saturated rings. The highest BCUT2D eigenvalue weighted by molar-refractivity contribution is 6.04. The largest absolute Gasteiger partial charge is 0.294 e. The predicted octanol–water partition coefficient (Wildman–Crippen LogP) is 4.75. The highest BCUT2D eigenvalue weighted by atomic mass is 19.1. The third-order valence-corrected chi connectivity index (χ3v) is 3.98. The number of hydrogen-bond donors (Lipinski definition) is 0. The molecular formula is C19H17FO. The van der Waals surface area contributed by atoms with Crippen LogP contribution in [0.2, 0.25) is 0 Å². The van der Waals surface area contributed by atoms with E-state index in [1.165, 1.54) is 12.1 Å². The van der Waals surface area contributed by atoms with Gasteiger partial charge in [-0.1, -0.05) is 42.5 Å². The molecule has 1 aliphatic rings. The van der Waals surface area contributed by atoms with Crippen molar-refractivity contribution >= 4 is 11.9 Å². The lowest BCUT2D eigenvalue weighted by Gasteiger charge is -2.23. The van der Waals surface area contributed by atoms with Crippen molar-refractivity contribution < 1.29 is 9.18 Å². The molecule has 1 atom stereocenters. The molecule has 1 aliphatic carbocycles. The fourth-order valence-corrected chi connectivity index (χ4v) is 2.88. The number of halogens is 1. The highest BCUT2D eigenvalue weighted by Gasteiger charge is 2.27. The summed E-state index contributed by atoms with van der Waals surface area (Å²) in [6.07, 6.45) is 4.62. The molecule has 2 aromatic rings. The molecule has 1 nitrogen and oxygen atoms in total. The fourth-order valence-electron chi connectivity index (χ4n) is 2.88. The number of hydrogen-bond acceptors (Lipinski definition) is 1. The van der Waals surface area contributed by atoms with Crippen LogP contribution in [0, 0.1) is 5.82 Å². The van der Waals surface area contributed by atoms with Crippen LogP contribution >= 0.6 is 0 Å². The van der Waals surface area contributed by atoms with E-state index in [9.17, 15) is 9.18 Å². The zero-order chi connectivity index (χ0) is 14.7. The van der Waals surface area contributed by atoms with Crippen molar-refractivity contribution in [3.8, 4) is 0 Å². The van der Waals surface area contributed by atoms with Gasteiger partial charge < -0.3 is 0 Å². The molecule has 0 aromatic heterocycles. The molecule has 21 heavy (non-hydrogen) atoms. The molecule has 3 rings (SSSR count). The van der Waals surface area contributed by atoms with E-state index in [0.29, 0.717) is 0 Å². The Labute approximate surface area is 124 Å². The predicted molar refractivity (Wildman–Crippen MR) is 82.4 cm³/mol. The van der Waals surface area contributed by atoms with Crippen LogP contribution < -0.4 is 0 Å². The third kappa shape index (κ3) is 3.10. The van der Waals surface area contributed by atoms with Crippen LogP contribution in [-0.2, 0) is 4.79 Å². The van der Waals surface area contributed by atoms with Crippen molar-refractivity contribution in [1.82, 2.24) is 0 Å². The van der Waals surface area contributed by atoms with E-state index < -0.39 is 0 Å². The first-order valence-electron chi connectivity index (χ1n) is 7.29. The van der Waals surface area contributed by atoms with Crippen molar-refractivity contribution in [1.29, 1.82) is 0 Å². The third-order valence-electron chi connectivity index (χ3n) is 3.98. The summed E-state index contributed by atoms with van der Waals surface area (Å²) in [5, 5.41) is 0. The van der Waals surface area contributed by atoms with E-state index in [4.69, 9.17) is 0 Å². The molecule has 0 amide bonds. The number of carbonyl (C=O) groups excluding carboxylic acids is 1. The van der Waals surface area contributed by atoms with Gasteiger partial charge in [0, 0.05) is 5.92 Å². The maximum atomic E-state index is 12.9. The Morgan fingerprint density at radius 1 is 1.00 bits per heavy atom. The van der Waals surface area contributed by atoms with Crippen LogP contribution in [-0.4, -0.2) is 5.78 Å². The summed E-state index contributed by atoms with van der Waals surface area (Å²) in [4.78, 5) is 12.7. The molecular weight excluding hydrogens is 263 g/mol. The second-order valence-corrected chi connectivity index (χ2v) is 5.44. The van der Waals surface area contributed by atoms with Gasteiger partial charge in [0.2, 0.25) is 0 Å². The number of carbonyl (C=O) groups is 1. The minimum atomic E-state index is -0.255. The van der Waals surface area contributed by atoms with E-state index in [1.54, 1.807) is 12.1 Å². The molecule has 106 valence electrons. The molecule has 0 saturated heterocycles. The van der Waals surface area contributed by atoms with Gasteiger partial charge in [-0.3, -0.25) is 4.79 Å². The lowest BCUT2D eigenvalue weighted by atomic mass is 9.79. The Morgan fingerprint density at radius 2 is 1.71 bits per heavy atom. The topological polar surface area (TPSA) is 17.1 Å². The minimum absolute atomic E-state index is 0.0355. The summed E-state index contributed by atoms with van der Waals surface area (Å²) >= 11 is 0. The molecule has 0 N–H and O–H groups in total. The van der Waals surface area contributed by atoms with Crippen molar-refractivity contribution in [3.05, 3.63) is 77.1 Å². The first-order chi connectivity index (χ1) is 10.2. The van der Waals surface area contributed by atoms with Gasteiger partial charge in [0.05, 0.1) is 0 Å². The van der Waals surface area contributed by atoms with Crippen molar-refractivity contribution in [2.24, 2.45) is 0 Å². The Morgan fingerprint density at radius 3 is 2.43 bits per heavy atom. The standard InChI is InChI=1S/C19H17FO/c20-17-11-9-14(10-12-17)13-16-7-4-8-18(19(16)21)15-5-2-1-3-6-15/h1-3,5-6,9-13,18H,4,7-8H2/b16-13+/t18-/m1/s1. The summed E-state index contributed by atoms with van der Waals surface area (Å²) in [7, 11) is 0. The monoisotopic (exact) mass is 280 g/mol. The number of ketones is 1. The van der Waals surface area contributed by atoms with Crippen molar-refractivity contribution in [2.45, 2.75) is 25.2 Å². The van der Waals surface area contributed by atoms with Gasteiger partial charge >= 0.3 is 0 Å². The van der Waals surface area contributed by atoms with Gasteiger partial charge in [0.15, 0.2) is 5.78 Å². The van der Waals surface area contributed by atoms with Gasteiger partial charge in [-0.05, 0) is 54.2 Å². The molecule has 2 heteroatoms. The van der Waals surface area contributed by atoms with Crippen LogP contribution in [0.25, 0.3) is 6.08 Å². The van der Waals surface area contributed by atoms with E-state index in [-0.39, 0.29) is 17.5 Å². The Balaban J connectivity index is 1.87. The zero-order valence-electron chi connectivity index (χ0n) is 11.8. The highest BCUT2D eigenvalue weighted by Crippen LogP contribution is 2.33. The van der Waals surface area contributed by atoms with Gasteiger partial charge in [-0.2, -0.15) is 0 Å². The summed E-state index contributed by atoms with van der Waals surface area (Å²) in [5.41, 5.74) is 2.82. The van der Waals surface area contributed by atoms with Crippen LogP contribution in [0.1, 0.15) is 36.3 Å². The summed E-state index contributed by atoms with van der Waals surface area (Å²) in [5.74, 6) is -0.0855. The minimum Gasteiger partial charge on any atom is -0.294 e. The van der Waals surface area contributed by atoms with Crippen molar-refractivity contribution in [2.75, 3.05) is 0 Å². The summed E-state index contributed by atoms with van der Waals surface area (Å²) < 4.78 is 12.9. The quantitative estimate of drug-likeness (QED) is 0.726. The lowest BCUT2D eigenvalue weighted by Crippen LogP contribution is -2.19. The second kappa shape index (κ2) is 6.04. The normalized spacial score (nSPS) is 20.7. The van der Waals surface area contributed by atoms with Gasteiger partial charge in [0.25, 0.3) is 0 Å². The van der Waals surface area contributed by atoms with E-state index >= 15 is 0 Å². The maximum absolute atomic E-state index is 12.9. The summed E-state index contributed by atoms with van der Waals surface area (Å²) in [6, 6.07) is 16.2. The zero-order valence-corrected chi connectivity index (χ0v) is 11.8. The average molecular weight is 280 g/mol. The Bertz CT molecular complexity index is 656. The Hall–Kier alpha value is -2.22. The van der Waals surface area contributed by atoms with Gasteiger partial charge in [-0.15, -0.1) is 0 Å². The molecule has 0 bridgehead atoms. The van der Waals surface area contributed by atoms with Crippen LogP contribution in [0.15, 0.2) is 60.2 Å². The van der Waals surface area contributed by atoms with Crippen LogP contribution in [0.4, 0.5) is 4.39 Å². The molecule has 0 unspecified atom stereocenters. The van der Waals surface area contributed by atoms with Gasteiger partial charge in [-0.25, -0.2) is 4.39 Å². The molecule has 0 heterocycles. The number of benzene rings is 2. The number of Topliss-reactive ketones (excluding diaryl/α,β-unsaturated/α-hetero) is 1. The lowest BCUT2D eigenvalue weighted by molar-refractivity contribution is -0.117. The van der Waals surface area contributed by atoms with E-state index in [0.717, 1.165) is 36.0 Å². The maximum Gasteiger partial charge on any atom is 0.166 e. The van der Waals surface area contributed by atoms with E-state index in [1.807, 2.05) is 36.4 Å². The number of allylic oxidation sites excluding steroid dienone is 1.